The average Bonchev–Trinajstić information content (AvgIpc) is 2.86. The van der Waals surface area contributed by atoms with Crippen LogP contribution in [0.15, 0.2) is 18.3 Å². The first-order chi connectivity index (χ1) is 7.81. The quantitative estimate of drug-likeness (QED) is 0.825. The van der Waals surface area contributed by atoms with Crippen molar-refractivity contribution in [1.82, 2.24) is 14.6 Å². The molecule has 1 saturated heterocycles. The number of thioether (sulfide) groups is 1. The molecule has 0 radical (unpaired) electrons. The number of nitrogens with zero attached hydrogens (tertiary/aromatic N) is 3. The van der Waals surface area contributed by atoms with E-state index in [0.717, 1.165) is 17.9 Å². The van der Waals surface area contributed by atoms with E-state index in [0.29, 0.717) is 10.3 Å². The lowest BCUT2D eigenvalue weighted by Gasteiger charge is -2.02. The van der Waals surface area contributed by atoms with E-state index in [1.54, 1.807) is 10.7 Å². The minimum Gasteiger partial charge on any atom is -0.219 e. The zero-order chi connectivity index (χ0) is 11.0. The van der Waals surface area contributed by atoms with Crippen molar-refractivity contribution in [1.29, 1.82) is 0 Å². The summed E-state index contributed by atoms with van der Waals surface area (Å²) in [6, 6.07) is 3.75. The Bertz CT molecular complexity index is 505. The van der Waals surface area contributed by atoms with Gasteiger partial charge < -0.3 is 0 Å². The summed E-state index contributed by atoms with van der Waals surface area (Å²) < 4.78 is 1.76. The Kier molecular flexibility index (Phi) is 2.77. The zero-order valence-corrected chi connectivity index (χ0v) is 10.3. The smallest absolute Gasteiger partial charge is 0.155 e. The lowest BCUT2D eigenvalue weighted by atomic mass is 10.2. The minimum absolute atomic E-state index is 0.694. The largest absolute Gasteiger partial charge is 0.219 e. The van der Waals surface area contributed by atoms with E-state index < -0.39 is 0 Å². The van der Waals surface area contributed by atoms with Gasteiger partial charge in [0.1, 0.15) is 0 Å². The molecule has 0 saturated carbocycles. The summed E-state index contributed by atoms with van der Waals surface area (Å²) in [5.74, 6) is 2.21. The number of aromatic nitrogens is 3. The van der Waals surface area contributed by atoms with Gasteiger partial charge in [0.05, 0.1) is 5.02 Å². The second-order valence-electron chi connectivity index (χ2n) is 4.02. The predicted molar refractivity (Wildman–Crippen MR) is 67.2 cm³/mol. The molecule has 1 unspecified atom stereocenters. The van der Waals surface area contributed by atoms with E-state index in [2.05, 4.69) is 10.1 Å². The fraction of sp³-hybridized carbons (Fsp3) is 0.455. The van der Waals surface area contributed by atoms with Gasteiger partial charge in [0, 0.05) is 17.9 Å². The third-order valence-electron chi connectivity index (χ3n) is 2.77. The zero-order valence-electron chi connectivity index (χ0n) is 8.77. The van der Waals surface area contributed by atoms with Crippen molar-refractivity contribution in [3.63, 3.8) is 0 Å². The number of hydrogen-bond acceptors (Lipinski definition) is 3. The predicted octanol–water partition coefficient (Wildman–Crippen LogP) is 2.82. The van der Waals surface area contributed by atoms with E-state index in [1.165, 1.54) is 18.6 Å². The van der Waals surface area contributed by atoms with Crippen LogP contribution in [0.3, 0.4) is 0 Å². The van der Waals surface area contributed by atoms with Crippen molar-refractivity contribution in [2.45, 2.75) is 24.5 Å². The van der Waals surface area contributed by atoms with E-state index in [4.69, 9.17) is 11.6 Å². The molecule has 2 aromatic rings. The van der Waals surface area contributed by atoms with Gasteiger partial charge in [-0.25, -0.2) is 9.50 Å². The SMILES string of the molecule is Clc1ccc2nc(CC3CCCS3)nn2c1. The molecule has 0 amide bonds. The highest BCUT2D eigenvalue weighted by atomic mass is 35.5. The van der Waals surface area contributed by atoms with Crippen molar-refractivity contribution in [2.75, 3.05) is 5.75 Å². The maximum absolute atomic E-state index is 5.91. The van der Waals surface area contributed by atoms with Gasteiger partial charge >= 0.3 is 0 Å². The molecule has 1 atom stereocenters. The van der Waals surface area contributed by atoms with Gasteiger partial charge in [-0.3, -0.25) is 0 Å². The van der Waals surface area contributed by atoms with Gasteiger partial charge in [0.25, 0.3) is 0 Å². The Balaban J connectivity index is 1.86. The van der Waals surface area contributed by atoms with Crippen LogP contribution >= 0.6 is 23.4 Å². The van der Waals surface area contributed by atoms with E-state index in [1.807, 2.05) is 23.9 Å². The van der Waals surface area contributed by atoms with Crippen molar-refractivity contribution < 1.29 is 0 Å². The molecule has 0 N–H and O–H groups in total. The molecule has 1 aliphatic heterocycles. The molecular formula is C11H12ClN3S. The standard InChI is InChI=1S/C11H12ClN3S/c12-8-3-4-11-13-10(14-15(11)7-8)6-9-2-1-5-16-9/h3-4,7,9H,1-2,5-6H2. The van der Waals surface area contributed by atoms with Gasteiger partial charge in [-0.05, 0) is 30.7 Å². The van der Waals surface area contributed by atoms with Crippen molar-refractivity contribution in [2.24, 2.45) is 0 Å². The van der Waals surface area contributed by atoms with Crippen LogP contribution in [-0.2, 0) is 6.42 Å². The summed E-state index contributed by atoms with van der Waals surface area (Å²) in [6.45, 7) is 0. The van der Waals surface area contributed by atoms with Gasteiger partial charge in [0.2, 0.25) is 0 Å². The molecule has 0 aliphatic carbocycles. The number of halogens is 1. The van der Waals surface area contributed by atoms with Crippen LogP contribution in [-0.4, -0.2) is 25.6 Å². The first kappa shape index (κ1) is 10.4. The van der Waals surface area contributed by atoms with Crippen LogP contribution in [0.5, 0.6) is 0 Å². The van der Waals surface area contributed by atoms with Crippen LogP contribution in [0.1, 0.15) is 18.7 Å². The Morgan fingerprint density at radius 1 is 1.50 bits per heavy atom. The van der Waals surface area contributed by atoms with Crippen molar-refractivity contribution >= 4 is 29.0 Å². The molecule has 1 aliphatic rings. The van der Waals surface area contributed by atoms with Gasteiger partial charge in [0.15, 0.2) is 11.5 Å². The molecule has 0 aromatic carbocycles. The minimum atomic E-state index is 0.694. The van der Waals surface area contributed by atoms with E-state index >= 15 is 0 Å². The molecule has 2 aromatic heterocycles. The highest BCUT2D eigenvalue weighted by molar-refractivity contribution is 8.00. The topological polar surface area (TPSA) is 30.2 Å². The van der Waals surface area contributed by atoms with Crippen LogP contribution < -0.4 is 0 Å². The number of rotatable bonds is 2. The molecular weight excluding hydrogens is 242 g/mol. The Morgan fingerprint density at radius 3 is 3.25 bits per heavy atom. The second kappa shape index (κ2) is 4.26. The summed E-state index contributed by atoms with van der Waals surface area (Å²) >= 11 is 7.94. The number of hydrogen-bond donors (Lipinski definition) is 0. The lowest BCUT2D eigenvalue weighted by Crippen LogP contribution is -2.03. The molecule has 0 spiro atoms. The Morgan fingerprint density at radius 2 is 2.44 bits per heavy atom. The summed E-state index contributed by atoms with van der Waals surface area (Å²) in [5.41, 5.74) is 0.877. The van der Waals surface area contributed by atoms with Gasteiger partial charge in [-0.2, -0.15) is 16.9 Å². The maximum Gasteiger partial charge on any atom is 0.155 e. The molecule has 5 heteroatoms. The van der Waals surface area contributed by atoms with Crippen LogP contribution in [0.2, 0.25) is 5.02 Å². The Hall–Kier alpha value is -0.740. The van der Waals surface area contributed by atoms with Gasteiger partial charge in [-0.1, -0.05) is 11.6 Å². The van der Waals surface area contributed by atoms with Crippen LogP contribution in [0.4, 0.5) is 0 Å². The maximum atomic E-state index is 5.91. The molecule has 3 nitrogen and oxygen atoms in total. The first-order valence-corrected chi connectivity index (χ1v) is 6.86. The molecule has 84 valence electrons. The number of pyridine rings is 1. The molecule has 3 heterocycles. The molecule has 0 bridgehead atoms. The number of fused-ring (bicyclic) bond motifs is 1. The summed E-state index contributed by atoms with van der Waals surface area (Å²) in [6.07, 6.45) is 5.40. The van der Waals surface area contributed by atoms with Crippen molar-refractivity contribution in [3.05, 3.63) is 29.2 Å². The fourth-order valence-electron chi connectivity index (χ4n) is 2.00. The first-order valence-electron chi connectivity index (χ1n) is 5.44. The second-order valence-corrected chi connectivity index (χ2v) is 5.86. The van der Waals surface area contributed by atoms with Crippen molar-refractivity contribution in [3.8, 4) is 0 Å². The monoisotopic (exact) mass is 253 g/mol. The third kappa shape index (κ3) is 2.04. The van der Waals surface area contributed by atoms with Gasteiger partial charge in [-0.15, -0.1) is 0 Å². The van der Waals surface area contributed by atoms with Crippen LogP contribution in [0.25, 0.3) is 5.65 Å². The average molecular weight is 254 g/mol. The van der Waals surface area contributed by atoms with Crippen LogP contribution in [0, 0.1) is 0 Å². The summed E-state index contributed by atoms with van der Waals surface area (Å²) in [4.78, 5) is 4.50. The highest BCUT2D eigenvalue weighted by Gasteiger charge is 2.18. The lowest BCUT2D eigenvalue weighted by molar-refractivity contribution is 0.742. The van der Waals surface area contributed by atoms with E-state index in [9.17, 15) is 0 Å². The Labute approximate surface area is 103 Å². The molecule has 1 fully saturated rings. The summed E-state index contributed by atoms with van der Waals surface area (Å²) in [5, 5.41) is 5.84. The third-order valence-corrected chi connectivity index (χ3v) is 4.39. The highest BCUT2D eigenvalue weighted by Crippen LogP contribution is 2.28. The normalized spacial score (nSPS) is 20.7. The fourth-order valence-corrected chi connectivity index (χ4v) is 3.42. The molecule has 16 heavy (non-hydrogen) atoms. The van der Waals surface area contributed by atoms with E-state index in [-0.39, 0.29) is 0 Å². The molecule has 3 rings (SSSR count). The summed E-state index contributed by atoms with van der Waals surface area (Å²) in [7, 11) is 0.